The molecule has 0 aromatic rings. The predicted molar refractivity (Wildman–Crippen MR) is 30.5 cm³/mol. The number of hydrogen-bond acceptors (Lipinski definition) is 0. The Hall–Kier alpha value is -0.440. The molecule has 0 heterocycles. The molecule has 0 saturated carbocycles. The van der Waals surface area contributed by atoms with Crippen LogP contribution in [-0.4, -0.2) is 0 Å². The third kappa shape index (κ3) is 1.64. The van der Waals surface area contributed by atoms with Gasteiger partial charge in [0.2, 0.25) is 0 Å². The van der Waals surface area contributed by atoms with Gasteiger partial charge in [-0.15, -0.1) is 11.8 Å². The quantitative estimate of drug-likeness (QED) is 0.400. The predicted octanol–water partition coefficient (Wildman–Crippen LogP) is 1.77. The Morgan fingerprint density at radius 1 is 1.00 bits per heavy atom. The fraction of sp³-hybridized carbons (Fsp3) is 0.571. The largest absolute Gasteiger partial charge is 0.103 e. The molecule has 0 unspecified atom stereocenters. The molecular formula is C7H9. The van der Waals surface area contributed by atoms with Gasteiger partial charge >= 0.3 is 0 Å². The van der Waals surface area contributed by atoms with Crippen LogP contribution in [-0.2, 0) is 0 Å². The summed E-state index contributed by atoms with van der Waals surface area (Å²) in [5, 5.41) is 0. The molecule has 0 amide bonds. The second-order valence-electron chi connectivity index (χ2n) is 1.72. The number of rotatable bonds is 0. The highest BCUT2D eigenvalue weighted by atomic mass is 13.9. The van der Waals surface area contributed by atoms with Crippen molar-refractivity contribution in [1.82, 2.24) is 0 Å². The summed E-state index contributed by atoms with van der Waals surface area (Å²) >= 11 is 0. The molecule has 0 bridgehead atoms. The summed E-state index contributed by atoms with van der Waals surface area (Å²) in [6.07, 6.45) is 6.87. The average Bonchev–Trinajstić information content (AvgIpc) is 1.90. The van der Waals surface area contributed by atoms with Gasteiger partial charge in [0.15, 0.2) is 0 Å². The number of hydrogen-bond donors (Lipinski definition) is 0. The maximum absolute atomic E-state index is 3.07. The summed E-state index contributed by atoms with van der Waals surface area (Å²) in [6.45, 7) is 0. The monoisotopic (exact) mass is 93.1 g/mol. The zero-order chi connectivity index (χ0) is 4.95. The van der Waals surface area contributed by atoms with E-state index < -0.39 is 0 Å². The molecular weight excluding hydrogens is 84.1 g/mol. The van der Waals surface area contributed by atoms with E-state index in [0.29, 0.717) is 0 Å². The van der Waals surface area contributed by atoms with Crippen LogP contribution in [0.15, 0.2) is 0 Å². The lowest BCUT2D eigenvalue weighted by Crippen LogP contribution is -1.69. The summed E-state index contributed by atoms with van der Waals surface area (Å²) < 4.78 is 0. The Kier molecular flexibility index (Phi) is 1.81. The van der Waals surface area contributed by atoms with Gasteiger partial charge in [0, 0.05) is 12.8 Å². The first-order chi connectivity index (χ1) is 3.50. The molecule has 37 valence electrons. The van der Waals surface area contributed by atoms with Crippen LogP contribution in [0.5, 0.6) is 0 Å². The molecule has 1 rings (SSSR count). The minimum Gasteiger partial charge on any atom is -0.103 e. The van der Waals surface area contributed by atoms with Crippen LogP contribution in [0.3, 0.4) is 0 Å². The van der Waals surface area contributed by atoms with E-state index >= 15 is 0 Å². The molecule has 0 fully saturated rings. The molecule has 0 aromatic heterocycles. The molecule has 0 atom stereocenters. The molecule has 0 N–H and O–H groups in total. The Balaban J connectivity index is 2.26. The van der Waals surface area contributed by atoms with Crippen molar-refractivity contribution >= 4 is 0 Å². The second kappa shape index (κ2) is 2.69. The molecule has 0 aromatic carbocycles. The van der Waals surface area contributed by atoms with Gasteiger partial charge < -0.3 is 0 Å². The van der Waals surface area contributed by atoms with Crippen molar-refractivity contribution < 1.29 is 0 Å². The fourth-order valence-electron chi connectivity index (χ4n) is 0.670. The van der Waals surface area contributed by atoms with E-state index in [1.54, 1.807) is 0 Å². The molecule has 1 aliphatic carbocycles. The lowest BCUT2D eigenvalue weighted by molar-refractivity contribution is 0.897. The molecule has 0 nitrogen and oxygen atoms in total. The average molecular weight is 93.1 g/mol. The van der Waals surface area contributed by atoms with Crippen LogP contribution in [0, 0.1) is 18.3 Å². The fourth-order valence-corrected chi connectivity index (χ4v) is 0.670. The van der Waals surface area contributed by atoms with Gasteiger partial charge in [-0.25, -0.2) is 0 Å². The van der Waals surface area contributed by atoms with E-state index in [1.807, 2.05) is 0 Å². The first-order valence-electron chi connectivity index (χ1n) is 2.77. The van der Waals surface area contributed by atoms with Crippen LogP contribution in [0.2, 0.25) is 0 Å². The van der Waals surface area contributed by atoms with Crippen LogP contribution >= 0.6 is 0 Å². The minimum absolute atomic E-state index is 1.08. The van der Waals surface area contributed by atoms with Gasteiger partial charge in [-0.3, -0.25) is 0 Å². The maximum atomic E-state index is 3.07. The van der Waals surface area contributed by atoms with Gasteiger partial charge in [0.25, 0.3) is 0 Å². The lowest BCUT2D eigenvalue weighted by Gasteiger charge is -1.85. The van der Waals surface area contributed by atoms with E-state index in [4.69, 9.17) is 0 Å². The van der Waals surface area contributed by atoms with Gasteiger partial charge in [0.1, 0.15) is 0 Å². The van der Waals surface area contributed by atoms with Gasteiger partial charge in [-0.05, 0) is 19.3 Å². The Morgan fingerprint density at radius 2 is 1.57 bits per heavy atom. The second-order valence-corrected chi connectivity index (χ2v) is 1.72. The smallest absolute Gasteiger partial charge is 0.00914 e. The van der Waals surface area contributed by atoms with Gasteiger partial charge in [-0.2, -0.15) is 0 Å². The van der Waals surface area contributed by atoms with Gasteiger partial charge in [0.05, 0.1) is 0 Å². The zero-order valence-corrected chi connectivity index (χ0v) is 4.41. The van der Waals surface area contributed by atoms with E-state index in [-0.39, 0.29) is 0 Å². The molecule has 7 heavy (non-hydrogen) atoms. The van der Waals surface area contributed by atoms with Crippen LogP contribution < -0.4 is 0 Å². The maximum Gasteiger partial charge on any atom is 0.00914 e. The van der Waals surface area contributed by atoms with Crippen molar-refractivity contribution in [2.24, 2.45) is 0 Å². The molecule has 1 aliphatic rings. The molecule has 0 aliphatic heterocycles. The van der Waals surface area contributed by atoms with Crippen molar-refractivity contribution in [3.63, 3.8) is 0 Å². The van der Waals surface area contributed by atoms with Crippen LogP contribution in [0.4, 0.5) is 0 Å². The summed E-state index contributed by atoms with van der Waals surface area (Å²) in [5.41, 5.74) is 0. The van der Waals surface area contributed by atoms with Crippen molar-refractivity contribution in [1.29, 1.82) is 0 Å². The highest BCUT2D eigenvalue weighted by molar-refractivity contribution is 5.02. The normalized spacial score (nSPS) is 19.4. The lowest BCUT2D eigenvalue weighted by atomic mass is 10.2. The molecule has 0 spiro atoms. The van der Waals surface area contributed by atoms with E-state index in [1.165, 1.54) is 12.8 Å². The van der Waals surface area contributed by atoms with Crippen LogP contribution in [0.25, 0.3) is 0 Å². The Labute approximate surface area is 44.9 Å². The minimum atomic E-state index is 1.08. The Morgan fingerprint density at radius 3 is 2.14 bits per heavy atom. The van der Waals surface area contributed by atoms with E-state index in [9.17, 15) is 0 Å². The summed E-state index contributed by atoms with van der Waals surface area (Å²) in [4.78, 5) is 0. The summed E-state index contributed by atoms with van der Waals surface area (Å²) in [6, 6.07) is 0. The van der Waals surface area contributed by atoms with E-state index in [0.717, 1.165) is 12.8 Å². The topological polar surface area (TPSA) is 0 Å². The zero-order valence-electron chi connectivity index (χ0n) is 4.41. The third-order valence-electron chi connectivity index (χ3n) is 1.07. The van der Waals surface area contributed by atoms with E-state index in [2.05, 4.69) is 18.3 Å². The van der Waals surface area contributed by atoms with Crippen molar-refractivity contribution in [3.05, 3.63) is 6.42 Å². The SMILES string of the molecule is C1#CCC[CH]CC1. The van der Waals surface area contributed by atoms with Crippen molar-refractivity contribution in [2.45, 2.75) is 25.7 Å². The highest BCUT2D eigenvalue weighted by Crippen LogP contribution is 2.02. The van der Waals surface area contributed by atoms with Crippen molar-refractivity contribution in [2.75, 3.05) is 0 Å². The van der Waals surface area contributed by atoms with Crippen LogP contribution in [0.1, 0.15) is 25.7 Å². The summed E-state index contributed by atoms with van der Waals surface area (Å²) in [7, 11) is 0. The molecule has 0 heteroatoms. The first kappa shape index (κ1) is 4.71. The highest BCUT2D eigenvalue weighted by Gasteiger charge is 1.88. The van der Waals surface area contributed by atoms with Gasteiger partial charge in [-0.1, -0.05) is 0 Å². The summed E-state index contributed by atoms with van der Waals surface area (Å²) in [5.74, 6) is 6.13. The third-order valence-corrected chi connectivity index (χ3v) is 1.07. The molecule has 1 radical (unpaired) electrons. The first-order valence-corrected chi connectivity index (χ1v) is 2.77. The Bertz CT molecular complexity index is 82.3. The standard InChI is InChI=1S/C7H9/c1-2-4-6-7-5-3-1/h1H,2-5H2. The van der Waals surface area contributed by atoms with Crippen molar-refractivity contribution in [3.8, 4) is 11.8 Å². The molecule has 0 saturated heterocycles.